The maximum atomic E-state index is 13.8. The molecule has 2 heterocycles. The van der Waals surface area contributed by atoms with Crippen molar-refractivity contribution in [1.29, 1.82) is 0 Å². The lowest BCUT2D eigenvalue weighted by Gasteiger charge is -2.18. The molecule has 96 valence electrons. The first-order chi connectivity index (χ1) is 8.66. The molecule has 1 amide bonds. The van der Waals surface area contributed by atoms with Crippen molar-refractivity contribution in [3.8, 4) is 0 Å². The van der Waals surface area contributed by atoms with E-state index in [1.54, 1.807) is 11.0 Å². The number of hydrogen-bond donors (Lipinski definition) is 1. The van der Waals surface area contributed by atoms with E-state index in [2.05, 4.69) is 5.32 Å². The van der Waals surface area contributed by atoms with Gasteiger partial charge in [-0.25, -0.2) is 4.39 Å². The van der Waals surface area contributed by atoms with Gasteiger partial charge in [-0.3, -0.25) is 4.79 Å². The van der Waals surface area contributed by atoms with Crippen molar-refractivity contribution in [2.45, 2.75) is 0 Å². The molecule has 1 N–H and O–H groups in total. The Morgan fingerprint density at radius 2 is 2.00 bits per heavy atom. The fraction of sp³-hybridized carbons (Fsp3) is 0.462. The second-order valence-electron chi connectivity index (χ2n) is 4.99. The van der Waals surface area contributed by atoms with Crippen molar-refractivity contribution in [1.82, 2.24) is 10.2 Å². The molecule has 3 nitrogen and oxygen atoms in total. The maximum Gasteiger partial charge on any atom is 0.256 e. The third kappa shape index (κ3) is 1.89. The SMILES string of the molecule is O=C(c1cccc(Cl)c1F)N1CC2CNCC2C1. The van der Waals surface area contributed by atoms with Crippen LogP contribution in [0.25, 0.3) is 0 Å². The average molecular weight is 269 g/mol. The Balaban J connectivity index is 1.81. The number of benzene rings is 1. The topological polar surface area (TPSA) is 32.3 Å². The average Bonchev–Trinajstić information content (AvgIpc) is 2.92. The van der Waals surface area contributed by atoms with E-state index in [0.29, 0.717) is 24.9 Å². The lowest BCUT2D eigenvalue weighted by molar-refractivity contribution is 0.0777. The summed E-state index contributed by atoms with van der Waals surface area (Å²) in [7, 11) is 0. The third-order valence-corrected chi connectivity index (χ3v) is 4.15. The summed E-state index contributed by atoms with van der Waals surface area (Å²) in [6.45, 7) is 3.32. The molecule has 1 aromatic rings. The number of carbonyl (C=O) groups excluding carboxylic acids is 1. The fourth-order valence-corrected chi connectivity index (χ4v) is 3.04. The summed E-state index contributed by atoms with van der Waals surface area (Å²) in [6, 6.07) is 4.56. The van der Waals surface area contributed by atoms with E-state index in [4.69, 9.17) is 11.6 Å². The Morgan fingerprint density at radius 3 is 2.67 bits per heavy atom. The number of nitrogens with one attached hydrogen (secondary N) is 1. The molecule has 18 heavy (non-hydrogen) atoms. The second-order valence-corrected chi connectivity index (χ2v) is 5.40. The van der Waals surface area contributed by atoms with E-state index in [0.717, 1.165) is 13.1 Å². The first kappa shape index (κ1) is 11.9. The molecule has 3 rings (SSSR count). The van der Waals surface area contributed by atoms with Crippen molar-refractivity contribution < 1.29 is 9.18 Å². The molecule has 2 saturated heterocycles. The maximum absolute atomic E-state index is 13.8. The van der Waals surface area contributed by atoms with Crippen LogP contribution < -0.4 is 5.32 Å². The number of hydrogen-bond acceptors (Lipinski definition) is 2. The zero-order chi connectivity index (χ0) is 12.7. The van der Waals surface area contributed by atoms with Gasteiger partial charge in [-0.2, -0.15) is 0 Å². The summed E-state index contributed by atoms with van der Waals surface area (Å²) in [5, 5.41) is 3.31. The molecule has 0 aromatic heterocycles. The van der Waals surface area contributed by atoms with Crippen LogP contribution >= 0.6 is 11.6 Å². The molecule has 0 saturated carbocycles. The Morgan fingerprint density at radius 1 is 1.33 bits per heavy atom. The van der Waals surface area contributed by atoms with Gasteiger partial charge in [-0.1, -0.05) is 17.7 Å². The highest BCUT2D eigenvalue weighted by Crippen LogP contribution is 2.28. The van der Waals surface area contributed by atoms with Crippen LogP contribution in [0.4, 0.5) is 4.39 Å². The number of carbonyl (C=O) groups is 1. The highest BCUT2D eigenvalue weighted by molar-refractivity contribution is 6.31. The third-order valence-electron chi connectivity index (χ3n) is 3.86. The van der Waals surface area contributed by atoms with Gasteiger partial charge in [0.25, 0.3) is 5.91 Å². The van der Waals surface area contributed by atoms with Crippen LogP contribution in [0.1, 0.15) is 10.4 Å². The summed E-state index contributed by atoms with van der Waals surface area (Å²) in [4.78, 5) is 14.0. The van der Waals surface area contributed by atoms with Crippen LogP contribution in [0.3, 0.4) is 0 Å². The second kappa shape index (κ2) is 4.52. The van der Waals surface area contributed by atoms with Crippen LogP contribution in [-0.4, -0.2) is 37.0 Å². The van der Waals surface area contributed by atoms with Crippen LogP contribution in [-0.2, 0) is 0 Å². The zero-order valence-corrected chi connectivity index (χ0v) is 10.6. The zero-order valence-electron chi connectivity index (χ0n) is 9.83. The number of fused-ring (bicyclic) bond motifs is 1. The van der Waals surface area contributed by atoms with Crippen molar-refractivity contribution in [3.05, 3.63) is 34.6 Å². The molecule has 5 heteroatoms. The minimum atomic E-state index is -0.612. The van der Waals surface area contributed by atoms with Crippen LogP contribution in [0.2, 0.25) is 5.02 Å². The van der Waals surface area contributed by atoms with Crippen molar-refractivity contribution in [3.63, 3.8) is 0 Å². The Kier molecular flexibility index (Phi) is 2.99. The van der Waals surface area contributed by atoms with Crippen LogP contribution in [0.15, 0.2) is 18.2 Å². The van der Waals surface area contributed by atoms with E-state index in [-0.39, 0.29) is 16.5 Å². The smallest absolute Gasteiger partial charge is 0.256 e. The first-order valence-electron chi connectivity index (χ1n) is 6.11. The van der Waals surface area contributed by atoms with E-state index in [1.807, 2.05) is 0 Å². The molecular formula is C13H14ClFN2O. The molecule has 2 aliphatic rings. The summed E-state index contributed by atoms with van der Waals surface area (Å²) in [5.41, 5.74) is 0.0791. The number of nitrogens with zero attached hydrogens (tertiary/aromatic N) is 1. The van der Waals surface area contributed by atoms with E-state index < -0.39 is 5.82 Å². The van der Waals surface area contributed by atoms with E-state index in [1.165, 1.54) is 12.1 Å². The van der Waals surface area contributed by atoms with Crippen molar-refractivity contribution in [2.24, 2.45) is 11.8 Å². The Labute approximate surface area is 110 Å². The molecule has 1 aromatic carbocycles. The van der Waals surface area contributed by atoms with Gasteiger partial charge < -0.3 is 10.2 Å². The summed E-state index contributed by atoms with van der Waals surface area (Å²) in [6.07, 6.45) is 0. The normalized spacial score (nSPS) is 26.4. The lowest BCUT2D eigenvalue weighted by Crippen LogP contribution is -2.32. The summed E-state index contributed by atoms with van der Waals surface area (Å²) < 4.78 is 13.8. The summed E-state index contributed by atoms with van der Waals surface area (Å²) >= 11 is 5.70. The van der Waals surface area contributed by atoms with Crippen LogP contribution in [0, 0.1) is 17.7 Å². The number of likely N-dealkylation sites (tertiary alicyclic amines) is 1. The molecule has 0 bridgehead atoms. The number of rotatable bonds is 1. The van der Waals surface area contributed by atoms with Gasteiger partial charge in [0.05, 0.1) is 10.6 Å². The van der Waals surface area contributed by atoms with Gasteiger partial charge in [0.15, 0.2) is 5.82 Å². The number of halogens is 2. The van der Waals surface area contributed by atoms with Gasteiger partial charge in [-0.05, 0) is 24.0 Å². The van der Waals surface area contributed by atoms with Gasteiger partial charge in [-0.15, -0.1) is 0 Å². The number of amides is 1. The van der Waals surface area contributed by atoms with E-state index in [9.17, 15) is 9.18 Å². The molecule has 2 unspecified atom stereocenters. The highest BCUT2D eigenvalue weighted by atomic mass is 35.5. The van der Waals surface area contributed by atoms with Crippen LogP contribution in [0.5, 0.6) is 0 Å². The Bertz CT molecular complexity index is 482. The molecule has 0 aliphatic carbocycles. The first-order valence-corrected chi connectivity index (χ1v) is 6.48. The van der Waals surface area contributed by atoms with Gasteiger partial charge >= 0.3 is 0 Å². The molecule has 0 radical (unpaired) electrons. The molecule has 2 fully saturated rings. The molecule has 0 spiro atoms. The van der Waals surface area contributed by atoms with E-state index >= 15 is 0 Å². The predicted molar refractivity (Wildman–Crippen MR) is 67.2 cm³/mol. The minimum absolute atomic E-state index is 0.00177. The van der Waals surface area contributed by atoms with Crippen molar-refractivity contribution in [2.75, 3.05) is 26.2 Å². The lowest BCUT2D eigenvalue weighted by atomic mass is 10.0. The van der Waals surface area contributed by atoms with Crippen molar-refractivity contribution >= 4 is 17.5 Å². The minimum Gasteiger partial charge on any atom is -0.338 e. The largest absolute Gasteiger partial charge is 0.338 e. The monoisotopic (exact) mass is 268 g/mol. The van der Waals surface area contributed by atoms with Gasteiger partial charge in [0.2, 0.25) is 0 Å². The molecule has 2 aliphatic heterocycles. The fourth-order valence-electron chi connectivity index (χ4n) is 2.86. The van der Waals surface area contributed by atoms with Gasteiger partial charge in [0, 0.05) is 26.2 Å². The standard InChI is InChI=1S/C13H14ClFN2O/c14-11-3-1-2-10(12(11)15)13(18)17-6-8-4-16-5-9(8)7-17/h1-3,8-9,16H,4-7H2. The molecule has 2 atom stereocenters. The van der Waals surface area contributed by atoms with Gasteiger partial charge in [0.1, 0.15) is 0 Å². The Hall–Kier alpha value is -1.13. The highest BCUT2D eigenvalue weighted by Gasteiger charge is 2.38. The predicted octanol–water partition coefficient (Wildman–Crippen LogP) is 1.77. The summed E-state index contributed by atoms with van der Waals surface area (Å²) in [5.74, 6) is 0.163. The molecular weight excluding hydrogens is 255 g/mol. The quantitative estimate of drug-likeness (QED) is 0.842.